The first-order valence-electron chi connectivity index (χ1n) is 4.81. The molecule has 2 nitrogen and oxygen atoms in total. The van der Waals surface area contributed by atoms with Crippen LogP contribution in [0.1, 0.15) is 34.1 Å². The lowest BCUT2D eigenvalue weighted by Gasteiger charge is -2.22. The van der Waals surface area contributed by atoms with E-state index in [9.17, 15) is 0 Å². The zero-order valence-corrected chi connectivity index (χ0v) is 9.05. The predicted octanol–water partition coefficient (Wildman–Crippen LogP) is 2.05. The highest BCUT2D eigenvalue weighted by Crippen LogP contribution is 2.05. The van der Waals surface area contributed by atoms with Crippen molar-refractivity contribution in [2.24, 2.45) is 5.92 Å². The minimum atomic E-state index is 0.509. The molecular formula is C10H23NO. The van der Waals surface area contributed by atoms with Gasteiger partial charge in [-0.05, 0) is 12.3 Å². The van der Waals surface area contributed by atoms with E-state index < -0.39 is 0 Å². The Bertz CT molecular complexity index is 92.0. The minimum absolute atomic E-state index is 0.509. The van der Waals surface area contributed by atoms with Gasteiger partial charge in [-0.3, -0.25) is 0 Å². The van der Waals surface area contributed by atoms with Gasteiger partial charge in [-0.25, -0.2) is 0 Å². The maximum Gasteiger partial charge on any atom is 0.0616 e. The highest BCUT2D eigenvalue weighted by molar-refractivity contribution is 4.69. The van der Waals surface area contributed by atoms with Gasteiger partial charge in [-0.1, -0.05) is 27.7 Å². The average molecular weight is 173 g/mol. The molecule has 0 spiro atoms. The number of nitrogens with one attached hydrogen (secondary N) is 1. The standard InChI is InChI=1S/C10H23NO/c1-8(2)6-10(7-12-5)11-9(3)4/h8-11H,6-7H2,1-5H3. The van der Waals surface area contributed by atoms with Crippen LogP contribution in [-0.4, -0.2) is 25.8 Å². The fourth-order valence-electron chi connectivity index (χ4n) is 1.43. The van der Waals surface area contributed by atoms with Crippen molar-refractivity contribution in [2.75, 3.05) is 13.7 Å². The first-order valence-corrected chi connectivity index (χ1v) is 4.81. The lowest BCUT2D eigenvalue weighted by atomic mass is 10.0. The first kappa shape index (κ1) is 11.9. The largest absolute Gasteiger partial charge is 0.383 e. The van der Waals surface area contributed by atoms with Gasteiger partial charge in [0, 0.05) is 19.2 Å². The van der Waals surface area contributed by atoms with Crippen LogP contribution in [0, 0.1) is 5.92 Å². The molecule has 0 aromatic carbocycles. The van der Waals surface area contributed by atoms with Crippen molar-refractivity contribution in [2.45, 2.75) is 46.2 Å². The van der Waals surface area contributed by atoms with Crippen molar-refractivity contribution in [3.8, 4) is 0 Å². The molecule has 0 aliphatic rings. The molecule has 0 aliphatic heterocycles. The van der Waals surface area contributed by atoms with Crippen molar-refractivity contribution < 1.29 is 4.74 Å². The third-order valence-corrected chi connectivity index (χ3v) is 1.69. The van der Waals surface area contributed by atoms with E-state index in [0.29, 0.717) is 12.1 Å². The van der Waals surface area contributed by atoms with E-state index in [-0.39, 0.29) is 0 Å². The molecule has 0 rings (SSSR count). The molecule has 0 radical (unpaired) electrons. The summed E-state index contributed by atoms with van der Waals surface area (Å²) in [7, 11) is 1.76. The molecule has 1 atom stereocenters. The molecule has 0 saturated carbocycles. The molecule has 1 N–H and O–H groups in total. The van der Waals surface area contributed by atoms with E-state index in [1.807, 2.05) is 0 Å². The quantitative estimate of drug-likeness (QED) is 0.663. The van der Waals surface area contributed by atoms with Crippen molar-refractivity contribution in [3.63, 3.8) is 0 Å². The Labute approximate surface area is 76.7 Å². The summed E-state index contributed by atoms with van der Waals surface area (Å²) in [6, 6.07) is 1.05. The average Bonchev–Trinajstić information content (AvgIpc) is 1.84. The number of hydrogen-bond donors (Lipinski definition) is 1. The van der Waals surface area contributed by atoms with Gasteiger partial charge in [0.15, 0.2) is 0 Å². The molecule has 0 aromatic heterocycles. The van der Waals surface area contributed by atoms with Gasteiger partial charge in [0.05, 0.1) is 6.61 Å². The van der Waals surface area contributed by atoms with Gasteiger partial charge in [0.1, 0.15) is 0 Å². The Balaban J connectivity index is 3.69. The predicted molar refractivity (Wildman–Crippen MR) is 53.4 cm³/mol. The lowest BCUT2D eigenvalue weighted by molar-refractivity contribution is 0.152. The fraction of sp³-hybridized carbons (Fsp3) is 1.00. The van der Waals surface area contributed by atoms with E-state index in [0.717, 1.165) is 12.5 Å². The summed E-state index contributed by atoms with van der Waals surface area (Å²) < 4.78 is 5.14. The van der Waals surface area contributed by atoms with Crippen molar-refractivity contribution in [1.82, 2.24) is 5.32 Å². The monoisotopic (exact) mass is 173 g/mol. The molecule has 0 bridgehead atoms. The van der Waals surface area contributed by atoms with Crippen LogP contribution >= 0.6 is 0 Å². The summed E-state index contributed by atoms with van der Waals surface area (Å²) in [4.78, 5) is 0. The molecule has 0 amide bonds. The van der Waals surface area contributed by atoms with Crippen LogP contribution in [-0.2, 0) is 4.74 Å². The van der Waals surface area contributed by atoms with E-state index in [1.54, 1.807) is 7.11 Å². The number of methoxy groups -OCH3 is 1. The van der Waals surface area contributed by atoms with Crippen LogP contribution in [0.25, 0.3) is 0 Å². The molecule has 0 aliphatic carbocycles. The van der Waals surface area contributed by atoms with Gasteiger partial charge in [0.2, 0.25) is 0 Å². The molecule has 74 valence electrons. The maximum absolute atomic E-state index is 5.14. The van der Waals surface area contributed by atoms with Crippen LogP contribution in [0.5, 0.6) is 0 Å². The molecule has 0 aromatic rings. The Morgan fingerprint density at radius 1 is 1.17 bits per heavy atom. The normalized spacial score (nSPS) is 14.2. The van der Waals surface area contributed by atoms with Gasteiger partial charge in [-0.2, -0.15) is 0 Å². The molecular weight excluding hydrogens is 150 g/mol. The Kier molecular flexibility index (Phi) is 6.39. The second-order valence-corrected chi connectivity index (χ2v) is 4.10. The van der Waals surface area contributed by atoms with Gasteiger partial charge >= 0.3 is 0 Å². The second kappa shape index (κ2) is 6.44. The summed E-state index contributed by atoms with van der Waals surface area (Å²) in [6.45, 7) is 9.64. The second-order valence-electron chi connectivity index (χ2n) is 4.10. The van der Waals surface area contributed by atoms with E-state index >= 15 is 0 Å². The van der Waals surface area contributed by atoms with Gasteiger partial charge < -0.3 is 10.1 Å². The number of rotatable bonds is 6. The maximum atomic E-state index is 5.14. The Morgan fingerprint density at radius 2 is 1.75 bits per heavy atom. The lowest BCUT2D eigenvalue weighted by Crippen LogP contribution is -2.38. The number of ether oxygens (including phenoxy) is 1. The van der Waals surface area contributed by atoms with Crippen molar-refractivity contribution in [1.29, 1.82) is 0 Å². The summed E-state index contributed by atoms with van der Waals surface area (Å²) in [6.07, 6.45) is 1.19. The first-order chi connectivity index (χ1) is 5.56. The minimum Gasteiger partial charge on any atom is -0.383 e. The summed E-state index contributed by atoms with van der Waals surface area (Å²) in [5.41, 5.74) is 0. The molecule has 0 heterocycles. The van der Waals surface area contributed by atoms with Crippen LogP contribution in [0.15, 0.2) is 0 Å². The number of hydrogen-bond acceptors (Lipinski definition) is 2. The topological polar surface area (TPSA) is 21.3 Å². The zero-order valence-electron chi connectivity index (χ0n) is 9.05. The highest BCUT2D eigenvalue weighted by atomic mass is 16.5. The Hall–Kier alpha value is -0.0800. The van der Waals surface area contributed by atoms with Crippen molar-refractivity contribution >= 4 is 0 Å². The summed E-state index contributed by atoms with van der Waals surface area (Å²) >= 11 is 0. The van der Waals surface area contributed by atoms with Gasteiger partial charge in [0.25, 0.3) is 0 Å². The molecule has 1 unspecified atom stereocenters. The third-order valence-electron chi connectivity index (χ3n) is 1.69. The van der Waals surface area contributed by atoms with Crippen LogP contribution in [0.3, 0.4) is 0 Å². The third kappa shape index (κ3) is 6.62. The van der Waals surface area contributed by atoms with E-state index in [4.69, 9.17) is 4.74 Å². The van der Waals surface area contributed by atoms with Gasteiger partial charge in [-0.15, -0.1) is 0 Å². The summed E-state index contributed by atoms with van der Waals surface area (Å²) in [5, 5.41) is 3.49. The van der Waals surface area contributed by atoms with Crippen LogP contribution < -0.4 is 5.32 Å². The van der Waals surface area contributed by atoms with Crippen LogP contribution in [0.4, 0.5) is 0 Å². The SMILES string of the molecule is COCC(CC(C)C)NC(C)C. The van der Waals surface area contributed by atoms with E-state index in [2.05, 4.69) is 33.0 Å². The molecule has 0 fully saturated rings. The highest BCUT2D eigenvalue weighted by Gasteiger charge is 2.10. The zero-order chi connectivity index (χ0) is 9.56. The van der Waals surface area contributed by atoms with Crippen molar-refractivity contribution in [3.05, 3.63) is 0 Å². The molecule has 0 saturated heterocycles. The molecule has 2 heteroatoms. The summed E-state index contributed by atoms with van der Waals surface area (Å²) in [5.74, 6) is 0.733. The smallest absolute Gasteiger partial charge is 0.0616 e. The van der Waals surface area contributed by atoms with Crippen LogP contribution in [0.2, 0.25) is 0 Å². The van der Waals surface area contributed by atoms with E-state index in [1.165, 1.54) is 6.42 Å². The molecule has 12 heavy (non-hydrogen) atoms. The fourth-order valence-corrected chi connectivity index (χ4v) is 1.43. The Morgan fingerprint density at radius 3 is 2.08 bits per heavy atom.